The highest BCUT2D eigenvalue weighted by atomic mass is 14.4. The van der Waals surface area contributed by atoms with Crippen LogP contribution in [-0.4, -0.2) is 0 Å². The van der Waals surface area contributed by atoms with E-state index >= 15 is 0 Å². The lowest BCUT2D eigenvalue weighted by Crippen LogP contribution is -2.23. The molecule has 88 valence electrons. The van der Waals surface area contributed by atoms with Crippen LogP contribution in [0.3, 0.4) is 0 Å². The molecule has 1 spiro atoms. The fourth-order valence-electron chi connectivity index (χ4n) is 3.97. The molecule has 2 fully saturated rings. The molecule has 1 unspecified atom stereocenters. The standard InChI is InChI=1S/C15H28/c1-13(2)14-7-6-11-15(12-8-14)9-4-3-5-10-15/h13-14H,3-12H2,1-2H3. The molecule has 0 bridgehead atoms. The third-order valence-corrected chi connectivity index (χ3v) is 5.18. The molecule has 1 atom stereocenters. The van der Waals surface area contributed by atoms with Gasteiger partial charge in [0.2, 0.25) is 0 Å². The van der Waals surface area contributed by atoms with Gasteiger partial charge in [0.1, 0.15) is 0 Å². The summed E-state index contributed by atoms with van der Waals surface area (Å²) in [5.74, 6) is 1.95. The summed E-state index contributed by atoms with van der Waals surface area (Å²) >= 11 is 0. The molecule has 2 aliphatic rings. The Morgan fingerprint density at radius 1 is 0.800 bits per heavy atom. The van der Waals surface area contributed by atoms with Crippen LogP contribution < -0.4 is 0 Å². The molecule has 0 amide bonds. The molecule has 15 heavy (non-hydrogen) atoms. The Balaban J connectivity index is 1.93. The molecule has 0 saturated heterocycles. The lowest BCUT2D eigenvalue weighted by Gasteiger charge is -2.36. The van der Waals surface area contributed by atoms with Crippen LogP contribution in [0, 0.1) is 17.3 Å². The fourth-order valence-corrected chi connectivity index (χ4v) is 3.97. The van der Waals surface area contributed by atoms with Gasteiger partial charge in [-0.15, -0.1) is 0 Å². The normalized spacial score (nSPS) is 31.8. The van der Waals surface area contributed by atoms with Gasteiger partial charge in [0.05, 0.1) is 0 Å². The van der Waals surface area contributed by atoms with Gasteiger partial charge in [0, 0.05) is 0 Å². The van der Waals surface area contributed by atoms with E-state index in [0.29, 0.717) is 0 Å². The molecule has 0 heterocycles. The Hall–Kier alpha value is 0. The van der Waals surface area contributed by atoms with Crippen LogP contribution in [0.1, 0.15) is 78.1 Å². The van der Waals surface area contributed by atoms with E-state index in [4.69, 9.17) is 0 Å². The van der Waals surface area contributed by atoms with Gasteiger partial charge < -0.3 is 0 Å². The summed E-state index contributed by atoms with van der Waals surface area (Å²) in [7, 11) is 0. The van der Waals surface area contributed by atoms with Gasteiger partial charge in [-0.1, -0.05) is 46.0 Å². The van der Waals surface area contributed by atoms with Gasteiger partial charge >= 0.3 is 0 Å². The topological polar surface area (TPSA) is 0 Å². The molecule has 2 aliphatic carbocycles. The second-order valence-corrected chi connectivity index (χ2v) is 6.50. The van der Waals surface area contributed by atoms with Gasteiger partial charge in [0.25, 0.3) is 0 Å². The molecule has 0 nitrogen and oxygen atoms in total. The first-order chi connectivity index (χ1) is 7.22. The Morgan fingerprint density at radius 2 is 1.47 bits per heavy atom. The lowest BCUT2D eigenvalue weighted by molar-refractivity contribution is 0.156. The summed E-state index contributed by atoms with van der Waals surface area (Å²) in [5, 5.41) is 0. The van der Waals surface area contributed by atoms with Crippen molar-refractivity contribution in [2.45, 2.75) is 78.1 Å². The minimum absolute atomic E-state index is 0.807. The van der Waals surface area contributed by atoms with Crippen LogP contribution >= 0.6 is 0 Å². The van der Waals surface area contributed by atoms with Crippen molar-refractivity contribution in [2.75, 3.05) is 0 Å². The van der Waals surface area contributed by atoms with Crippen molar-refractivity contribution in [1.82, 2.24) is 0 Å². The lowest BCUT2D eigenvalue weighted by atomic mass is 9.69. The summed E-state index contributed by atoms with van der Waals surface area (Å²) in [6.45, 7) is 4.84. The van der Waals surface area contributed by atoms with Crippen molar-refractivity contribution >= 4 is 0 Å². The maximum Gasteiger partial charge on any atom is -0.0297 e. The van der Waals surface area contributed by atoms with E-state index in [-0.39, 0.29) is 0 Å². The first-order valence-corrected chi connectivity index (χ1v) is 7.22. The predicted octanol–water partition coefficient (Wildman–Crippen LogP) is 5.17. The van der Waals surface area contributed by atoms with E-state index in [9.17, 15) is 0 Å². The van der Waals surface area contributed by atoms with Crippen molar-refractivity contribution in [3.8, 4) is 0 Å². The van der Waals surface area contributed by atoms with Crippen LogP contribution in [0.4, 0.5) is 0 Å². The zero-order valence-corrected chi connectivity index (χ0v) is 10.7. The molecular formula is C15H28. The highest BCUT2D eigenvalue weighted by molar-refractivity contribution is 4.86. The molecule has 0 N–H and O–H groups in total. The summed E-state index contributed by atoms with van der Waals surface area (Å²) in [6, 6.07) is 0. The summed E-state index contributed by atoms with van der Waals surface area (Å²) in [4.78, 5) is 0. The van der Waals surface area contributed by atoms with Crippen LogP contribution in [0.2, 0.25) is 0 Å². The van der Waals surface area contributed by atoms with E-state index in [1.807, 2.05) is 0 Å². The molecular weight excluding hydrogens is 180 g/mol. The van der Waals surface area contributed by atoms with Gasteiger partial charge in [-0.2, -0.15) is 0 Å². The van der Waals surface area contributed by atoms with Crippen molar-refractivity contribution in [2.24, 2.45) is 17.3 Å². The minimum Gasteiger partial charge on any atom is -0.0625 e. The van der Waals surface area contributed by atoms with Gasteiger partial charge in [0.15, 0.2) is 0 Å². The molecule has 0 aromatic carbocycles. The second-order valence-electron chi connectivity index (χ2n) is 6.50. The molecule has 0 aromatic heterocycles. The molecule has 0 heteroatoms. The Morgan fingerprint density at radius 3 is 2.13 bits per heavy atom. The maximum absolute atomic E-state index is 2.42. The third-order valence-electron chi connectivity index (χ3n) is 5.18. The minimum atomic E-state index is 0.807. The average Bonchev–Trinajstić information content (AvgIpc) is 2.43. The average molecular weight is 208 g/mol. The summed E-state index contributed by atoms with van der Waals surface area (Å²) < 4.78 is 0. The maximum atomic E-state index is 2.42. The van der Waals surface area contributed by atoms with Crippen molar-refractivity contribution in [1.29, 1.82) is 0 Å². The van der Waals surface area contributed by atoms with Gasteiger partial charge in [-0.05, 0) is 49.4 Å². The van der Waals surface area contributed by atoms with Gasteiger partial charge in [-0.25, -0.2) is 0 Å². The Bertz CT molecular complexity index is 186. The highest BCUT2D eigenvalue weighted by Gasteiger charge is 2.34. The quantitative estimate of drug-likeness (QED) is 0.557. The number of hydrogen-bond acceptors (Lipinski definition) is 0. The van der Waals surface area contributed by atoms with E-state index < -0.39 is 0 Å². The Kier molecular flexibility index (Phi) is 3.74. The molecule has 2 rings (SSSR count). The van der Waals surface area contributed by atoms with Crippen LogP contribution in [-0.2, 0) is 0 Å². The SMILES string of the molecule is CC(C)C1CCCC2(CCCCC2)CC1. The van der Waals surface area contributed by atoms with Crippen molar-refractivity contribution in [3.05, 3.63) is 0 Å². The predicted molar refractivity (Wildman–Crippen MR) is 66.9 cm³/mol. The van der Waals surface area contributed by atoms with Gasteiger partial charge in [-0.3, -0.25) is 0 Å². The molecule has 2 saturated carbocycles. The first kappa shape index (κ1) is 11.5. The van der Waals surface area contributed by atoms with Crippen molar-refractivity contribution < 1.29 is 0 Å². The van der Waals surface area contributed by atoms with E-state index in [0.717, 1.165) is 17.3 Å². The molecule has 0 radical (unpaired) electrons. The zero-order valence-electron chi connectivity index (χ0n) is 10.7. The molecule has 0 aliphatic heterocycles. The van der Waals surface area contributed by atoms with Crippen LogP contribution in [0.15, 0.2) is 0 Å². The van der Waals surface area contributed by atoms with E-state index in [1.165, 1.54) is 38.5 Å². The smallest absolute Gasteiger partial charge is 0.0297 e. The monoisotopic (exact) mass is 208 g/mol. The van der Waals surface area contributed by atoms with Crippen LogP contribution in [0.25, 0.3) is 0 Å². The molecule has 0 aromatic rings. The largest absolute Gasteiger partial charge is 0.0625 e. The van der Waals surface area contributed by atoms with Crippen LogP contribution in [0.5, 0.6) is 0 Å². The van der Waals surface area contributed by atoms with E-state index in [2.05, 4.69) is 13.8 Å². The summed E-state index contributed by atoms with van der Waals surface area (Å²) in [5.41, 5.74) is 0.807. The Labute approximate surface area is 95.8 Å². The summed E-state index contributed by atoms with van der Waals surface area (Å²) in [6.07, 6.45) is 15.3. The van der Waals surface area contributed by atoms with Crippen molar-refractivity contribution in [3.63, 3.8) is 0 Å². The number of rotatable bonds is 1. The fraction of sp³-hybridized carbons (Fsp3) is 1.00. The second kappa shape index (κ2) is 4.89. The first-order valence-electron chi connectivity index (χ1n) is 7.22. The van der Waals surface area contributed by atoms with E-state index in [1.54, 1.807) is 25.7 Å². The zero-order chi connectivity index (χ0) is 10.7. The third kappa shape index (κ3) is 2.77. The number of hydrogen-bond donors (Lipinski definition) is 0. The highest BCUT2D eigenvalue weighted by Crippen LogP contribution is 2.48.